The van der Waals surface area contributed by atoms with Gasteiger partial charge in [-0.25, -0.2) is 13.4 Å². The number of thiazole rings is 1. The molecule has 5 unspecified atom stereocenters. The Hall–Kier alpha value is -2.85. The van der Waals surface area contributed by atoms with Gasteiger partial charge in [0.25, 0.3) is 0 Å². The fraction of sp³-hybridized carbons (Fsp3) is 0.600. The van der Waals surface area contributed by atoms with Crippen molar-refractivity contribution in [3.8, 4) is 5.75 Å². The number of sulfonamides is 1. The Morgan fingerprint density at radius 3 is 2.55 bits per heavy atom. The van der Waals surface area contributed by atoms with Gasteiger partial charge in [-0.1, -0.05) is 37.3 Å². The van der Waals surface area contributed by atoms with Crippen LogP contribution < -0.4 is 10.1 Å². The van der Waals surface area contributed by atoms with E-state index in [2.05, 4.69) is 10.3 Å². The van der Waals surface area contributed by atoms with Crippen molar-refractivity contribution in [3.63, 3.8) is 0 Å². The van der Waals surface area contributed by atoms with E-state index in [0.29, 0.717) is 31.4 Å². The summed E-state index contributed by atoms with van der Waals surface area (Å²) in [5.74, 6) is -0.477. The quantitative estimate of drug-likeness (QED) is 0.220. The Morgan fingerprint density at radius 1 is 1.06 bits per heavy atom. The highest BCUT2D eigenvalue weighted by molar-refractivity contribution is 7.89. The fourth-order valence-electron chi connectivity index (χ4n) is 7.01. The highest BCUT2D eigenvalue weighted by Gasteiger charge is 2.53. The third-order valence-electron chi connectivity index (χ3n) is 9.83. The Morgan fingerprint density at radius 2 is 1.82 bits per heavy atom. The lowest BCUT2D eigenvalue weighted by atomic mass is 9.86. The van der Waals surface area contributed by atoms with Crippen LogP contribution in [0.25, 0.3) is 10.2 Å². The van der Waals surface area contributed by atoms with Crippen molar-refractivity contribution in [2.75, 3.05) is 45.3 Å². The van der Waals surface area contributed by atoms with Crippen LogP contribution in [0.3, 0.4) is 0 Å². The second-order valence-electron chi connectivity index (χ2n) is 14.1. The number of aliphatic hydroxyl groups excluding tert-OH is 1. The molecular formula is C35H45N3O9S2. The minimum absolute atomic E-state index is 0.00253. The van der Waals surface area contributed by atoms with E-state index in [1.165, 1.54) is 15.6 Å². The van der Waals surface area contributed by atoms with Crippen molar-refractivity contribution in [1.29, 1.82) is 0 Å². The van der Waals surface area contributed by atoms with Crippen LogP contribution in [-0.2, 0) is 40.2 Å². The van der Waals surface area contributed by atoms with Gasteiger partial charge in [0, 0.05) is 36.9 Å². The van der Waals surface area contributed by atoms with Crippen LogP contribution in [0, 0.1) is 23.7 Å². The number of nitrogens with one attached hydrogen (secondary N) is 1. The van der Waals surface area contributed by atoms with Crippen molar-refractivity contribution in [2.24, 2.45) is 23.7 Å². The molecule has 5 aliphatic rings. The normalized spacial score (nSPS) is 26.2. The fourth-order valence-corrected chi connectivity index (χ4v) is 9.71. The predicted molar refractivity (Wildman–Crippen MR) is 183 cm³/mol. The summed E-state index contributed by atoms with van der Waals surface area (Å²) < 4.78 is 59.5. The summed E-state index contributed by atoms with van der Waals surface area (Å²) >= 11 is 1.44. The average Bonchev–Trinajstić information content (AvgIpc) is 3.73. The molecule has 12 nitrogen and oxygen atoms in total. The number of aliphatic hydroxyl groups is 1. The zero-order chi connectivity index (χ0) is 34.3. The first kappa shape index (κ1) is 34.6. The first-order valence-electron chi connectivity index (χ1n) is 17.1. The Balaban J connectivity index is 1.11. The van der Waals surface area contributed by atoms with Gasteiger partial charge in [-0.2, -0.15) is 4.31 Å². The molecule has 49 heavy (non-hydrogen) atoms. The van der Waals surface area contributed by atoms with E-state index >= 15 is 0 Å². The molecule has 4 saturated heterocycles. The number of methoxy groups -OCH3 is 1. The Bertz CT molecular complexity index is 1730. The number of hydrogen-bond acceptors (Lipinski definition) is 12. The topological polar surface area (TPSA) is 146 Å². The van der Waals surface area contributed by atoms with Gasteiger partial charge in [0.05, 0.1) is 54.6 Å². The molecule has 1 aromatic heterocycles. The summed E-state index contributed by atoms with van der Waals surface area (Å²) in [4.78, 5) is 18.4. The number of ether oxygens (including phenoxy) is 5. The molecule has 0 radical (unpaired) electrons. The lowest BCUT2D eigenvalue weighted by molar-refractivity contribution is -0.180. The van der Waals surface area contributed by atoms with Crippen LogP contribution in [0.4, 0.5) is 5.13 Å². The number of anilines is 1. The number of esters is 1. The van der Waals surface area contributed by atoms with Gasteiger partial charge < -0.3 is 34.1 Å². The molecule has 2 N–H and O–H groups in total. The summed E-state index contributed by atoms with van der Waals surface area (Å²) in [6.45, 7) is 5.09. The second-order valence-corrected chi connectivity index (χ2v) is 17.0. The van der Waals surface area contributed by atoms with E-state index in [9.17, 15) is 18.3 Å². The summed E-state index contributed by atoms with van der Waals surface area (Å²) in [6, 6.07) is 12.8. The number of aromatic nitrogens is 1. The summed E-state index contributed by atoms with van der Waals surface area (Å²) in [7, 11) is -2.42. The number of carbonyl (C=O) groups is 1. The Labute approximate surface area is 291 Å². The van der Waals surface area contributed by atoms with Gasteiger partial charge in [-0.05, 0) is 61.1 Å². The standard InChI is InChI=1S/C35H45N3O9S2/c1-20(2)15-38(49(41,42)25-10-11-28-31(14-25)48-35(37-28)36-23-6-7-23)16-29(39)22(12-21-4-8-24(43-3)9-5-21)13-32(40)47-33-26-17-45-34-27(26)18-44-30(33)19-46-34/h4-5,8-11,14,20,22-23,26-27,29-30,33-34,39H,6-7,12-13,15-19H2,1-3H3,(H,36,37)/t22-,26?,27?,29-,30?,33?,34?/m1/s1. The number of hydrogen-bond donors (Lipinski definition) is 2. The molecule has 1 aliphatic carbocycles. The summed E-state index contributed by atoms with van der Waals surface area (Å²) in [6.07, 6.45) is 0.0106. The molecule has 4 bridgehead atoms. The minimum atomic E-state index is -4.01. The van der Waals surface area contributed by atoms with Crippen molar-refractivity contribution in [3.05, 3.63) is 48.0 Å². The summed E-state index contributed by atoms with van der Waals surface area (Å²) in [5.41, 5.74) is 1.61. The second kappa shape index (κ2) is 14.4. The Kier molecular flexibility index (Phi) is 10.2. The van der Waals surface area contributed by atoms with E-state index < -0.39 is 34.1 Å². The highest BCUT2D eigenvalue weighted by atomic mass is 32.2. The van der Waals surface area contributed by atoms with Gasteiger partial charge in [0.15, 0.2) is 11.4 Å². The third-order valence-corrected chi connectivity index (χ3v) is 12.6. The molecule has 0 amide bonds. The molecule has 5 fully saturated rings. The van der Waals surface area contributed by atoms with Crippen molar-refractivity contribution >= 4 is 42.7 Å². The molecule has 266 valence electrons. The van der Waals surface area contributed by atoms with Crippen LogP contribution >= 0.6 is 11.3 Å². The van der Waals surface area contributed by atoms with Crippen LogP contribution in [0.5, 0.6) is 5.75 Å². The number of fused-ring (bicyclic) bond motifs is 3. The first-order valence-corrected chi connectivity index (χ1v) is 19.4. The number of rotatable bonds is 15. The molecule has 3 aromatic rings. The molecule has 1 saturated carbocycles. The van der Waals surface area contributed by atoms with E-state index in [4.69, 9.17) is 23.7 Å². The van der Waals surface area contributed by atoms with Crippen LogP contribution in [0.15, 0.2) is 47.4 Å². The molecule has 5 heterocycles. The van der Waals surface area contributed by atoms with E-state index in [1.807, 2.05) is 38.1 Å². The first-order chi connectivity index (χ1) is 23.6. The van der Waals surface area contributed by atoms with Crippen LogP contribution in [-0.4, -0.2) is 99.4 Å². The monoisotopic (exact) mass is 715 g/mol. The lowest BCUT2D eigenvalue weighted by Gasteiger charge is -2.36. The molecule has 2 aromatic carbocycles. The van der Waals surface area contributed by atoms with Crippen molar-refractivity contribution in [2.45, 2.75) is 75.1 Å². The lowest BCUT2D eigenvalue weighted by Crippen LogP contribution is -2.48. The third kappa shape index (κ3) is 7.75. The largest absolute Gasteiger partial charge is 0.497 e. The van der Waals surface area contributed by atoms with Crippen molar-refractivity contribution < 1.29 is 42.0 Å². The predicted octanol–water partition coefficient (Wildman–Crippen LogP) is 4.07. The number of nitrogens with zero attached hydrogens (tertiary/aromatic N) is 2. The maximum Gasteiger partial charge on any atom is 0.306 e. The SMILES string of the molecule is COc1ccc(C[C@H](CC(=O)OC2C3COC4OCC2C4CO3)[C@H](O)CN(CC(C)C)S(=O)(=O)c2ccc3nc(NC4CC4)sc3c2)cc1. The van der Waals surface area contributed by atoms with Gasteiger partial charge in [-0.15, -0.1) is 0 Å². The number of benzene rings is 2. The average molecular weight is 716 g/mol. The van der Waals surface area contributed by atoms with Gasteiger partial charge in [0.1, 0.15) is 18.0 Å². The molecule has 14 heteroatoms. The van der Waals surface area contributed by atoms with Gasteiger partial charge in [-0.3, -0.25) is 4.79 Å². The smallest absolute Gasteiger partial charge is 0.306 e. The highest BCUT2D eigenvalue weighted by Crippen LogP contribution is 2.41. The van der Waals surface area contributed by atoms with E-state index in [1.54, 1.807) is 25.3 Å². The molecule has 4 aliphatic heterocycles. The maximum atomic E-state index is 14.2. The zero-order valence-electron chi connectivity index (χ0n) is 28.0. The molecular weight excluding hydrogens is 671 g/mol. The molecule has 8 rings (SSSR count). The van der Waals surface area contributed by atoms with Crippen molar-refractivity contribution in [1.82, 2.24) is 9.29 Å². The van der Waals surface area contributed by atoms with Gasteiger partial charge in [0.2, 0.25) is 10.0 Å². The molecule has 7 atom stereocenters. The maximum absolute atomic E-state index is 14.2. The van der Waals surface area contributed by atoms with E-state index in [0.717, 1.165) is 33.8 Å². The zero-order valence-corrected chi connectivity index (χ0v) is 29.7. The molecule has 0 spiro atoms. The van der Waals surface area contributed by atoms with Crippen LogP contribution in [0.1, 0.15) is 38.7 Å². The number of carbonyl (C=O) groups excluding carboxylic acids is 1. The van der Waals surface area contributed by atoms with Crippen LogP contribution in [0.2, 0.25) is 0 Å². The summed E-state index contributed by atoms with van der Waals surface area (Å²) in [5, 5.41) is 16.0. The van der Waals surface area contributed by atoms with E-state index in [-0.39, 0.29) is 61.2 Å². The minimum Gasteiger partial charge on any atom is -0.497 e. The van der Waals surface area contributed by atoms with Gasteiger partial charge >= 0.3 is 5.97 Å².